The highest BCUT2D eigenvalue weighted by Gasteiger charge is 2.31. The van der Waals surface area contributed by atoms with E-state index in [0.717, 1.165) is 16.9 Å². The van der Waals surface area contributed by atoms with Gasteiger partial charge in [0.25, 0.3) is 0 Å². The zero-order valence-corrected chi connectivity index (χ0v) is 13.3. The summed E-state index contributed by atoms with van der Waals surface area (Å²) < 4.78 is 1.15. The molecule has 0 spiro atoms. The number of benzene rings is 1. The third kappa shape index (κ3) is 3.83. The zero-order chi connectivity index (χ0) is 13.2. The third-order valence-electron chi connectivity index (χ3n) is 4.18. The van der Waals surface area contributed by atoms with Crippen LogP contribution < -0.4 is 5.32 Å². The first-order chi connectivity index (χ1) is 8.46. The molecular weight excluding hydrogens is 286 g/mol. The van der Waals surface area contributed by atoms with Gasteiger partial charge in [-0.3, -0.25) is 0 Å². The van der Waals surface area contributed by atoms with E-state index in [1.54, 1.807) is 0 Å². The molecule has 0 radical (unpaired) electrons. The summed E-state index contributed by atoms with van der Waals surface area (Å²) in [7, 11) is 0. The van der Waals surface area contributed by atoms with Gasteiger partial charge in [0, 0.05) is 17.1 Å². The fourth-order valence-electron chi connectivity index (χ4n) is 3.10. The van der Waals surface area contributed by atoms with Gasteiger partial charge in [0.15, 0.2) is 0 Å². The molecule has 2 rings (SSSR count). The minimum absolute atomic E-state index is 0.537. The Hall–Kier alpha value is -0.340. The van der Waals surface area contributed by atoms with Crippen molar-refractivity contribution in [1.82, 2.24) is 5.32 Å². The number of rotatable bonds is 3. The minimum Gasteiger partial charge on any atom is -0.310 e. The van der Waals surface area contributed by atoms with Crippen molar-refractivity contribution in [2.75, 3.05) is 0 Å². The molecule has 2 atom stereocenters. The van der Waals surface area contributed by atoms with E-state index in [1.807, 2.05) is 0 Å². The molecule has 1 nitrogen and oxygen atoms in total. The Labute approximate surface area is 119 Å². The molecule has 1 aromatic rings. The fraction of sp³-hybridized carbons (Fsp3) is 0.625. The predicted molar refractivity (Wildman–Crippen MR) is 81.6 cm³/mol. The second-order valence-electron chi connectivity index (χ2n) is 6.50. The van der Waals surface area contributed by atoms with Crippen LogP contribution >= 0.6 is 15.9 Å². The summed E-state index contributed by atoms with van der Waals surface area (Å²) in [4.78, 5) is 0. The van der Waals surface area contributed by atoms with Crippen LogP contribution in [0.3, 0.4) is 0 Å². The maximum Gasteiger partial charge on any atom is 0.0208 e. The molecule has 1 N–H and O–H groups in total. The van der Waals surface area contributed by atoms with Crippen LogP contribution in [-0.2, 0) is 6.54 Å². The Kier molecular flexibility index (Phi) is 4.50. The lowest BCUT2D eigenvalue weighted by atomic mass is 9.70. The summed E-state index contributed by atoms with van der Waals surface area (Å²) in [5, 5.41) is 3.73. The summed E-state index contributed by atoms with van der Waals surface area (Å²) in [6, 6.07) is 9.29. The van der Waals surface area contributed by atoms with Crippen molar-refractivity contribution in [3.05, 3.63) is 34.3 Å². The maximum atomic E-state index is 3.73. The lowest BCUT2D eigenvalue weighted by Gasteiger charge is -2.39. The van der Waals surface area contributed by atoms with E-state index in [1.165, 1.54) is 24.8 Å². The normalized spacial score (nSPS) is 27.1. The predicted octanol–water partition coefficient (Wildman–Crippen LogP) is 4.75. The van der Waals surface area contributed by atoms with Gasteiger partial charge in [-0.25, -0.2) is 0 Å². The van der Waals surface area contributed by atoms with Gasteiger partial charge >= 0.3 is 0 Å². The van der Waals surface area contributed by atoms with Gasteiger partial charge in [-0.15, -0.1) is 0 Å². The van der Waals surface area contributed by atoms with Crippen LogP contribution in [0.25, 0.3) is 0 Å². The molecule has 0 bridgehead atoms. The highest BCUT2D eigenvalue weighted by Crippen LogP contribution is 2.38. The van der Waals surface area contributed by atoms with Crippen LogP contribution in [0.15, 0.2) is 28.7 Å². The number of nitrogens with one attached hydrogen (secondary N) is 1. The van der Waals surface area contributed by atoms with Crippen molar-refractivity contribution in [2.24, 2.45) is 11.3 Å². The lowest BCUT2D eigenvalue weighted by Crippen LogP contribution is -2.41. The van der Waals surface area contributed by atoms with Gasteiger partial charge in [-0.05, 0) is 48.3 Å². The van der Waals surface area contributed by atoms with Gasteiger partial charge in [0.05, 0.1) is 0 Å². The Bertz CT molecular complexity index is 383. The number of hydrogen-bond donors (Lipinski definition) is 1. The Morgan fingerprint density at radius 2 is 1.94 bits per heavy atom. The van der Waals surface area contributed by atoms with E-state index in [0.29, 0.717) is 11.5 Å². The van der Waals surface area contributed by atoms with E-state index in [4.69, 9.17) is 0 Å². The van der Waals surface area contributed by atoms with Crippen molar-refractivity contribution in [3.8, 4) is 0 Å². The topological polar surface area (TPSA) is 12.0 Å². The first-order valence-electron chi connectivity index (χ1n) is 6.94. The Morgan fingerprint density at radius 3 is 2.56 bits per heavy atom. The second-order valence-corrected chi connectivity index (χ2v) is 7.41. The monoisotopic (exact) mass is 309 g/mol. The lowest BCUT2D eigenvalue weighted by molar-refractivity contribution is 0.148. The highest BCUT2D eigenvalue weighted by molar-refractivity contribution is 9.10. The molecule has 1 fully saturated rings. The summed E-state index contributed by atoms with van der Waals surface area (Å²) in [5.74, 6) is 0.782. The molecule has 1 aliphatic rings. The van der Waals surface area contributed by atoms with Crippen molar-refractivity contribution in [1.29, 1.82) is 0 Å². The van der Waals surface area contributed by atoms with Crippen LogP contribution in [0.2, 0.25) is 0 Å². The van der Waals surface area contributed by atoms with Gasteiger partial charge in [0.1, 0.15) is 0 Å². The largest absolute Gasteiger partial charge is 0.310 e. The molecule has 0 saturated heterocycles. The van der Waals surface area contributed by atoms with Crippen LogP contribution in [-0.4, -0.2) is 6.04 Å². The first-order valence-corrected chi connectivity index (χ1v) is 7.73. The van der Waals surface area contributed by atoms with Gasteiger partial charge in [-0.1, -0.05) is 48.8 Å². The van der Waals surface area contributed by atoms with Crippen LogP contribution in [0, 0.1) is 11.3 Å². The molecular formula is C16H24BrN. The third-order valence-corrected chi connectivity index (χ3v) is 4.70. The summed E-state index contributed by atoms with van der Waals surface area (Å²) in [5.41, 5.74) is 1.91. The smallest absolute Gasteiger partial charge is 0.0208 e. The molecule has 1 saturated carbocycles. The molecule has 0 heterocycles. The van der Waals surface area contributed by atoms with Crippen molar-refractivity contribution in [3.63, 3.8) is 0 Å². The van der Waals surface area contributed by atoms with Gasteiger partial charge in [-0.2, -0.15) is 0 Å². The van der Waals surface area contributed by atoms with Crippen LogP contribution in [0.4, 0.5) is 0 Å². The molecule has 100 valence electrons. The van der Waals surface area contributed by atoms with Crippen molar-refractivity contribution >= 4 is 15.9 Å². The second kappa shape index (κ2) is 5.75. The van der Waals surface area contributed by atoms with E-state index in [9.17, 15) is 0 Å². The average molecular weight is 310 g/mol. The summed E-state index contributed by atoms with van der Waals surface area (Å²) in [6.07, 6.45) is 3.99. The molecule has 0 amide bonds. The van der Waals surface area contributed by atoms with Crippen molar-refractivity contribution in [2.45, 2.75) is 52.6 Å². The number of hydrogen-bond acceptors (Lipinski definition) is 1. The number of halogens is 1. The molecule has 2 unspecified atom stereocenters. The van der Waals surface area contributed by atoms with E-state index in [2.05, 4.69) is 66.3 Å². The standard InChI is InChI=1S/C16H24BrN/c1-12-10-16(2,3)9-8-15(12)18-11-13-4-6-14(17)7-5-13/h4-7,12,15,18H,8-11H2,1-3H3. The molecule has 18 heavy (non-hydrogen) atoms. The molecule has 1 aliphatic carbocycles. The molecule has 0 aliphatic heterocycles. The summed E-state index contributed by atoms with van der Waals surface area (Å²) in [6.45, 7) is 8.17. The van der Waals surface area contributed by atoms with E-state index in [-0.39, 0.29) is 0 Å². The fourth-order valence-corrected chi connectivity index (χ4v) is 3.37. The van der Waals surface area contributed by atoms with Crippen LogP contribution in [0.5, 0.6) is 0 Å². The zero-order valence-electron chi connectivity index (χ0n) is 11.7. The Morgan fingerprint density at radius 1 is 1.28 bits per heavy atom. The molecule has 2 heteroatoms. The Balaban J connectivity index is 1.85. The van der Waals surface area contributed by atoms with Crippen molar-refractivity contribution < 1.29 is 0 Å². The first kappa shape index (κ1) is 14.1. The average Bonchev–Trinajstić information content (AvgIpc) is 2.29. The summed E-state index contributed by atoms with van der Waals surface area (Å²) >= 11 is 3.47. The van der Waals surface area contributed by atoms with Crippen LogP contribution in [0.1, 0.15) is 45.6 Å². The maximum absolute atomic E-state index is 3.73. The van der Waals surface area contributed by atoms with Gasteiger partial charge in [0.2, 0.25) is 0 Å². The van der Waals surface area contributed by atoms with Gasteiger partial charge < -0.3 is 5.32 Å². The van der Waals surface area contributed by atoms with E-state index < -0.39 is 0 Å². The van der Waals surface area contributed by atoms with E-state index >= 15 is 0 Å². The molecule has 1 aromatic carbocycles. The minimum atomic E-state index is 0.537. The highest BCUT2D eigenvalue weighted by atomic mass is 79.9. The molecule has 0 aromatic heterocycles. The quantitative estimate of drug-likeness (QED) is 0.849. The SMILES string of the molecule is CC1CC(C)(C)CCC1NCc1ccc(Br)cc1.